The first-order chi connectivity index (χ1) is 13.2. The van der Waals surface area contributed by atoms with Crippen LogP contribution in [-0.2, 0) is 13.2 Å². The first-order valence-electron chi connectivity index (χ1n) is 9.48. The average Bonchev–Trinajstić information content (AvgIpc) is 3.35. The minimum Gasteiger partial charge on any atom is -0.462 e. The molecule has 1 fully saturated rings. The van der Waals surface area contributed by atoms with Gasteiger partial charge < -0.3 is 19.8 Å². The van der Waals surface area contributed by atoms with E-state index in [1.54, 1.807) is 0 Å². The molecule has 4 rings (SSSR count). The van der Waals surface area contributed by atoms with Crippen molar-refractivity contribution in [1.82, 2.24) is 15.2 Å². The van der Waals surface area contributed by atoms with E-state index in [0.29, 0.717) is 23.8 Å². The van der Waals surface area contributed by atoms with E-state index in [1.807, 2.05) is 42.6 Å². The molecule has 0 radical (unpaired) electrons. The monoisotopic (exact) mass is 367 g/mol. The van der Waals surface area contributed by atoms with Crippen LogP contribution in [-0.4, -0.2) is 40.5 Å². The fourth-order valence-corrected chi connectivity index (χ4v) is 3.88. The standard InChI is InChI=1S/C21H25N3O3/c25-14-18-7-6-17(27-18)13-24-10-2-3-15(12-24)11-23-21(26)19-5-1-4-16-8-9-22-20(16)19/h1,4-9,15,22,25H,2-3,10-14H2,(H,23,26). The van der Waals surface area contributed by atoms with E-state index in [0.717, 1.165) is 49.1 Å². The molecule has 1 aromatic carbocycles. The normalized spacial score (nSPS) is 18.0. The lowest BCUT2D eigenvalue weighted by atomic mass is 9.97. The Morgan fingerprint density at radius 2 is 2.15 bits per heavy atom. The number of carbonyl (C=O) groups excluding carboxylic acids is 1. The minimum atomic E-state index is -0.0672. The molecule has 3 N–H and O–H groups in total. The second-order valence-electron chi connectivity index (χ2n) is 7.23. The maximum absolute atomic E-state index is 12.6. The van der Waals surface area contributed by atoms with Gasteiger partial charge in [-0.1, -0.05) is 12.1 Å². The molecular formula is C21H25N3O3. The van der Waals surface area contributed by atoms with Gasteiger partial charge in [-0.3, -0.25) is 9.69 Å². The van der Waals surface area contributed by atoms with Crippen LogP contribution in [0.1, 0.15) is 34.7 Å². The highest BCUT2D eigenvalue weighted by Crippen LogP contribution is 2.20. The summed E-state index contributed by atoms with van der Waals surface area (Å²) in [7, 11) is 0. The maximum atomic E-state index is 12.6. The van der Waals surface area contributed by atoms with E-state index in [9.17, 15) is 4.79 Å². The van der Waals surface area contributed by atoms with Crippen LogP contribution in [0, 0.1) is 5.92 Å². The number of hydrogen-bond acceptors (Lipinski definition) is 4. The van der Waals surface area contributed by atoms with Gasteiger partial charge in [-0.05, 0) is 49.6 Å². The van der Waals surface area contributed by atoms with Crippen molar-refractivity contribution in [3.63, 3.8) is 0 Å². The zero-order valence-electron chi connectivity index (χ0n) is 15.3. The number of amides is 1. The van der Waals surface area contributed by atoms with Crippen LogP contribution in [0.25, 0.3) is 10.9 Å². The fraction of sp³-hybridized carbons (Fsp3) is 0.381. The highest BCUT2D eigenvalue weighted by molar-refractivity contribution is 6.05. The summed E-state index contributed by atoms with van der Waals surface area (Å²) in [5.41, 5.74) is 1.58. The Hall–Kier alpha value is -2.57. The van der Waals surface area contributed by atoms with E-state index in [-0.39, 0.29) is 12.5 Å². The lowest BCUT2D eigenvalue weighted by Gasteiger charge is -2.32. The molecule has 0 saturated carbocycles. The number of para-hydroxylation sites is 1. The van der Waals surface area contributed by atoms with Gasteiger partial charge in [-0.2, -0.15) is 0 Å². The SMILES string of the molecule is O=C(NCC1CCCN(Cc2ccc(CO)o2)C1)c1cccc2cc[nH]c12. The van der Waals surface area contributed by atoms with Crippen molar-refractivity contribution in [3.8, 4) is 0 Å². The number of aromatic amines is 1. The van der Waals surface area contributed by atoms with E-state index < -0.39 is 0 Å². The molecule has 27 heavy (non-hydrogen) atoms. The second kappa shape index (κ2) is 7.98. The number of fused-ring (bicyclic) bond motifs is 1. The molecule has 1 saturated heterocycles. The Labute approximate surface area is 158 Å². The number of aliphatic hydroxyl groups excluding tert-OH is 1. The number of benzene rings is 1. The predicted octanol–water partition coefficient (Wildman–Crippen LogP) is 2.90. The Morgan fingerprint density at radius 3 is 3.00 bits per heavy atom. The van der Waals surface area contributed by atoms with Crippen LogP contribution in [0.5, 0.6) is 0 Å². The summed E-state index contributed by atoms with van der Waals surface area (Å²) in [6.45, 7) is 3.31. The van der Waals surface area contributed by atoms with Crippen molar-refractivity contribution < 1.29 is 14.3 Å². The summed E-state index contributed by atoms with van der Waals surface area (Å²) in [6.07, 6.45) is 4.08. The third-order valence-electron chi connectivity index (χ3n) is 5.24. The number of nitrogens with one attached hydrogen (secondary N) is 2. The van der Waals surface area contributed by atoms with Crippen LogP contribution in [0.2, 0.25) is 0 Å². The molecule has 3 aromatic rings. The number of carbonyl (C=O) groups is 1. The highest BCUT2D eigenvalue weighted by Gasteiger charge is 2.22. The van der Waals surface area contributed by atoms with E-state index in [2.05, 4.69) is 15.2 Å². The topological polar surface area (TPSA) is 81.5 Å². The third-order valence-corrected chi connectivity index (χ3v) is 5.24. The van der Waals surface area contributed by atoms with Gasteiger partial charge in [0.2, 0.25) is 0 Å². The van der Waals surface area contributed by atoms with Crippen LogP contribution in [0.3, 0.4) is 0 Å². The summed E-state index contributed by atoms with van der Waals surface area (Å²) in [6, 6.07) is 11.5. The molecule has 1 unspecified atom stereocenters. The van der Waals surface area contributed by atoms with Crippen molar-refractivity contribution in [3.05, 3.63) is 59.7 Å². The molecule has 6 heteroatoms. The molecule has 1 aliphatic rings. The van der Waals surface area contributed by atoms with E-state index in [4.69, 9.17) is 9.52 Å². The zero-order valence-corrected chi connectivity index (χ0v) is 15.3. The van der Waals surface area contributed by atoms with Gasteiger partial charge in [0.05, 0.1) is 17.6 Å². The van der Waals surface area contributed by atoms with E-state index >= 15 is 0 Å². The van der Waals surface area contributed by atoms with E-state index in [1.165, 1.54) is 0 Å². The van der Waals surface area contributed by atoms with Crippen molar-refractivity contribution in [2.24, 2.45) is 5.92 Å². The van der Waals surface area contributed by atoms with Crippen molar-refractivity contribution in [2.75, 3.05) is 19.6 Å². The molecule has 6 nitrogen and oxygen atoms in total. The number of furan rings is 1. The lowest BCUT2D eigenvalue weighted by molar-refractivity contribution is 0.0929. The molecule has 0 bridgehead atoms. The number of hydrogen-bond donors (Lipinski definition) is 3. The first kappa shape index (κ1) is 17.8. The number of piperidine rings is 1. The van der Waals surface area contributed by atoms with Crippen LogP contribution >= 0.6 is 0 Å². The fourth-order valence-electron chi connectivity index (χ4n) is 3.88. The number of aromatic nitrogens is 1. The average molecular weight is 367 g/mol. The Morgan fingerprint density at radius 1 is 1.26 bits per heavy atom. The number of nitrogens with zero attached hydrogens (tertiary/aromatic N) is 1. The number of aliphatic hydroxyl groups is 1. The molecule has 2 aromatic heterocycles. The molecule has 0 spiro atoms. The van der Waals surface area contributed by atoms with Gasteiger partial charge in [-0.25, -0.2) is 0 Å². The number of likely N-dealkylation sites (tertiary alicyclic amines) is 1. The Kier molecular flexibility index (Phi) is 5.27. The van der Waals surface area contributed by atoms with Gasteiger partial charge in [0.15, 0.2) is 0 Å². The van der Waals surface area contributed by atoms with Crippen LogP contribution in [0.4, 0.5) is 0 Å². The smallest absolute Gasteiger partial charge is 0.253 e. The summed E-state index contributed by atoms with van der Waals surface area (Å²) >= 11 is 0. The molecule has 1 atom stereocenters. The second-order valence-corrected chi connectivity index (χ2v) is 7.23. The van der Waals surface area contributed by atoms with Crippen molar-refractivity contribution in [1.29, 1.82) is 0 Å². The first-order valence-corrected chi connectivity index (χ1v) is 9.48. The third kappa shape index (κ3) is 4.07. The largest absolute Gasteiger partial charge is 0.462 e. The van der Waals surface area contributed by atoms with Crippen molar-refractivity contribution in [2.45, 2.75) is 26.0 Å². The molecule has 0 aliphatic carbocycles. The molecule has 1 amide bonds. The van der Waals surface area contributed by atoms with Gasteiger partial charge in [0.25, 0.3) is 5.91 Å². The maximum Gasteiger partial charge on any atom is 0.253 e. The number of H-pyrrole nitrogens is 1. The van der Waals surface area contributed by atoms with Gasteiger partial charge in [0.1, 0.15) is 18.1 Å². The number of rotatable bonds is 6. The van der Waals surface area contributed by atoms with Gasteiger partial charge in [0, 0.05) is 24.7 Å². The lowest BCUT2D eigenvalue weighted by Crippen LogP contribution is -2.40. The van der Waals surface area contributed by atoms with Crippen LogP contribution in [0.15, 0.2) is 47.0 Å². The molecule has 142 valence electrons. The quantitative estimate of drug-likeness (QED) is 0.626. The zero-order chi connectivity index (χ0) is 18.6. The minimum absolute atomic E-state index is 0.0289. The Bertz CT molecular complexity index is 914. The molecule has 3 heterocycles. The van der Waals surface area contributed by atoms with Gasteiger partial charge >= 0.3 is 0 Å². The molecule has 1 aliphatic heterocycles. The predicted molar refractivity (Wildman–Crippen MR) is 103 cm³/mol. The summed E-state index contributed by atoms with van der Waals surface area (Å²) in [4.78, 5) is 18.1. The molecular weight excluding hydrogens is 342 g/mol. The van der Waals surface area contributed by atoms with Crippen molar-refractivity contribution >= 4 is 16.8 Å². The summed E-state index contributed by atoms with van der Waals surface area (Å²) < 4.78 is 5.60. The Balaban J connectivity index is 1.32. The highest BCUT2D eigenvalue weighted by atomic mass is 16.4. The van der Waals surface area contributed by atoms with Gasteiger partial charge in [-0.15, -0.1) is 0 Å². The summed E-state index contributed by atoms with van der Waals surface area (Å²) in [5.74, 6) is 1.88. The summed E-state index contributed by atoms with van der Waals surface area (Å²) in [5, 5.41) is 13.3. The van der Waals surface area contributed by atoms with Crippen LogP contribution < -0.4 is 5.32 Å².